The van der Waals surface area contributed by atoms with E-state index in [1.54, 1.807) is 6.92 Å². The second kappa shape index (κ2) is 6.37. The van der Waals surface area contributed by atoms with Gasteiger partial charge in [-0.3, -0.25) is 4.18 Å². The van der Waals surface area contributed by atoms with Crippen LogP contribution in [-0.4, -0.2) is 27.4 Å². The van der Waals surface area contributed by atoms with Crippen LogP contribution >= 0.6 is 15.9 Å². The molecule has 4 nitrogen and oxygen atoms in total. The van der Waals surface area contributed by atoms with Gasteiger partial charge in [-0.1, -0.05) is 28.1 Å². The van der Waals surface area contributed by atoms with E-state index in [9.17, 15) is 8.42 Å². The highest BCUT2D eigenvalue weighted by Gasteiger charge is 2.10. The fourth-order valence-corrected chi connectivity index (χ4v) is 2.24. The van der Waals surface area contributed by atoms with Crippen molar-refractivity contribution in [3.63, 3.8) is 0 Å². The van der Waals surface area contributed by atoms with Gasteiger partial charge in [0.05, 0.1) is 6.26 Å². The van der Waals surface area contributed by atoms with Crippen LogP contribution in [0.15, 0.2) is 24.3 Å². The minimum absolute atomic E-state index is 0.195. The van der Waals surface area contributed by atoms with E-state index in [-0.39, 0.29) is 6.61 Å². The number of hydrogen-bond donors (Lipinski definition) is 0. The SMILES string of the molecule is CC(COc1ccc(CBr)cc1)OS(C)(=O)=O. The van der Waals surface area contributed by atoms with E-state index in [4.69, 9.17) is 8.92 Å². The Balaban J connectivity index is 2.44. The largest absolute Gasteiger partial charge is 0.491 e. The van der Waals surface area contributed by atoms with Gasteiger partial charge in [-0.2, -0.15) is 8.42 Å². The van der Waals surface area contributed by atoms with Crippen LogP contribution in [0.1, 0.15) is 12.5 Å². The second-order valence-electron chi connectivity index (χ2n) is 3.70. The summed E-state index contributed by atoms with van der Waals surface area (Å²) in [6.45, 7) is 1.84. The fraction of sp³-hybridized carbons (Fsp3) is 0.455. The van der Waals surface area contributed by atoms with Crippen LogP contribution in [0.3, 0.4) is 0 Å². The zero-order chi connectivity index (χ0) is 12.9. The molecule has 0 amide bonds. The predicted octanol–water partition coefficient (Wildman–Crippen LogP) is 2.33. The summed E-state index contributed by atoms with van der Waals surface area (Å²) < 4.78 is 31.9. The van der Waals surface area contributed by atoms with Gasteiger partial charge in [0.1, 0.15) is 18.5 Å². The summed E-state index contributed by atoms with van der Waals surface area (Å²) in [5, 5.41) is 0.793. The molecule has 1 atom stereocenters. The molecule has 17 heavy (non-hydrogen) atoms. The van der Waals surface area contributed by atoms with Gasteiger partial charge in [-0.25, -0.2) is 0 Å². The van der Waals surface area contributed by atoms with Crippen LogP contribution in [0.25, 0.3) is 0 Å². The normalized spacial score (nSPS) is 13.4. The van der Waals surface area contributed by atoms with E-state index in [0.717, 1.165) is 17.1 Å². The molecule has 1 unspecified atom stereocenters. The molecule has 0 fully saturated rings. The van der Waals surface area contributed by atoms with Gasteiger partial charge in [-0.05, 0) is 24.6 Å². The lowest BCUT2D eigenvalue weighted by Gasteiger charge is -2.12. The van der Waals surface area contributed by atoms with E-state index in [1.165, 1.54) is 0 Å². The Morgan fingerprint density at radius 3 is 2.35 bits per heavy atom. The molecule has 0 aromatic heterocycles. The van der Waals surface area contributed by atoms with Crippen LogP contribution in [-0.2, 0) is 19.6 Å². The number of rotatable bonds is 6. The summed E-state index contributed by atoms with van der Waals surface area (Å²) in [5.41, 5.74) is 1.15. The number of ether oxygens (including phenoxy) is 1. The highest BCUT2D eigenvalue weighted by Crippen LogP contribution is 2.14. The number of alkyl halides is 1. The Bertz CT molecular complexity index is 441. The third-order valence-electron chi connectivity index (χ3n) is 1.90. The predicted molar refractivity (Wildman–Crippen MR) is 70.0 cm³/mol. The molecule has 0 saturated heterocycles. The summed E-state index contributed by atoms with van der Waals surface area (Å²) in [5.74, 6) is 0.693. The van der Waals surface area contributed by atoms with Gasteiger partial charge >= 0.3 is 0 Å². The van der Waals surface area contributed by atoms with Crippen LogP contribution in [0, 0.1) is 0 Å². The van der Waals surface area contributed by atoms with Gasteiger partial charge in [-0.15, -0.1) is 0 Å². The molecule has 0 N–H and O–H groups in total. The molecule has 0 saturated carbocycles. The molecule has 6 heteroatoms. The second-order valence-corrected chi connectivity index (χ2v) is 5.86. The topological polar surface area (TPSA) is 52.6 Å². The average molecular weight is 323 g/mol. The lowest BCUT2D eigenvalue weighted by Crippen LogP contribution is -2.21. The van der Waals surface area contributed by atoms with Crippen molar-refractivity contribution in [2.24, 2.45) is 0 Å². The van der Waals surface area contributed by atoms with Crippen molar-refractivity contribution in [2.75, 3.05) is 12.9 Å². The molecular formula is C11H15BrO4S. The zero-order valence-corrected chi connectivity index (χ0v) is 12.1. The summed E-state index contributed by atoms with van der Waals surface area (Å²) in [6.07, 6.45) is 0.523. The molecule has 1 aromatic carbocycles. The van der Waals surface area contributed by atoms with Crippen LogP contribution in [0.5, 0.6) is 5.75 Å². The minimum atomic E-state index is -3.42. The first-order valence-electron chi connectivity index (χ1n) is 5.06. The third kappa shape index (κ3) is 6.05. The summed E-state index contributed by atoms with van der Waals surface area (Å²) >= 11 is 3.35. The first kappa shape index (κ1) is 14.5. The van der Waals surface area contributed by atoms with Crippen molar-refractivity contribution in [3.05, 3.63) is 29.8 Å². The number of halogens is 1. The highest BCUT2D eigenvalue weighted by atomic mass is 79.9. The summed E-state index contributed by atoms with van der Waals surface area (Å²) in [4.78, 5) is 0. The van der Waals surface area contributed by atoms with Crippen molar-refractivity contribution in [3.8, 4) is 5.75 Å². The number of benzene rings is 1. The van der Waals surface area contributed by atoms with E-state index in [0.29, 0.717) is 5.75 Å². The molecule has 96 valence electrons. The quantitative estimate of drug-likeness (QED) is 0.595. The fourth-order valence-electron chi connectivity index (χ4n) is 1.21. The minimum Gasteiger partial charge on any atom is -0.491 e. The zero-order valence-electron chi connectivity index (χ0n) is 9.72. The molecule has 1 aromatic rings. The summed E-state index contributed by atoms with van der Waals surface area (Å²) in [7, 11) is -3.42. The van der Waals surface area contributed by atoms with E-state index in [1.807, 2.05) is 24.3 Å². The molecule has 0 radical (unpaired) electrons. The van der Waals surface area contributed by atoms with Crippen molar-refractivity contribution in [2.45, 2.75) is 18.4 Å². The first-order chi connectivity index (χ1) is 7.90. The molecule has 0 heterocycles. The molecule has 0 bridgehead atoms. The summed E-state index contributed by atoms with van der Waals surface area (Å²) in [6, 6.07) is 7.55. The average Bonchev–Trinajstić information content (AvgIpc) is 2.25. The Kier molecular flexibility index (Phi) is 5.42. The Morgan fingerprint density at radius 2 is 1.88 bits per heavy atom. The van der Waals surface area contributed by atoms with E-state index >= 15 is 0 Å². The van der Waals surface area contributed by atoms with Gasteiger partial charge in [0, 0.05) is 5.33 Å². The van der Waals surface area contributed by atoms with Crippen LogP contribution in [0.2, 0.25) is 0 Å². The molecular weight excluding hydrogens is 308 g/mol. The molecule has 0 aliphatic heterocycles. The number of hydrogen-bond acceptors (Lipinski definition) is 4. The maximum atomic E-state index is 10.9. The monoisotopic (exact) mass is 322 g/mol. The van der Waals surface area contributed by atoms with Crippen LogP contribution in [0.4, 0.5) is 0 Å². The van der Waals surface area contributed by atoms with Gasteiger partial charge in [0.2, 0.25) is 0 Å². The molecule has 0 aliphatic carbocycles. The first-order valence-corrected chi connectivity index (χ1v) is 8.00. The van der Waals surface area contributed by atoms with Gasteiger partial charge in [0.15, 0.2) is 0 Å². The van der Waals surface area contributed by atoms with Crippen molar-refractivity contribution in [1.29, 1.82) is 0 Å². The highest BCUT2D eigenvalue weighted by molar-refractivity contribution is 9.08. The lowest BCUT2D eigenvalue weighted by atomic mass is 10.2. The van der Waals surface area contributed by atoms with E-state index < -0.39 is 16.2 Å². The maximum absolute atomic E-state index is 10.9. The lowest BCUT2D eigenvalue weighted by molar-refractivity contribution is 0.150. The standard InChI is InChI=1S/C11H15BrO4S/c1-9(16-17(2,13)14)8-15-11-5-3-10(7-12)4-6-11/h3-6,9H,7-8H2,1-2H3. The molecule has 1 rings (SSSR count). The Morgan fingerprint density at radius 1 is 1.29 bits per heavy atom. The van der Waals surface area contributed by atoms with Crippen molar-refractivity contribution in [1.82, 2.24) is 0 Å². The van der Waals surface area contributed by atoms with E-state index in [2.05, 4.69) is 15.9 Å². The Labute approximate surface area is 110 Å². The van der Waals surface area contributed by atoms with Crippen LogP contribution < -0.4 is 4.74 Å². The van der Waals surface area contributed by atoms with Gasteiger partial charge in [0.25, 0.3) is 10.1 Å². The Hall–Kier alpha value is -0.590. The third-order valence-corrected chi connectivity index (χ3v) is 3.23. The van der Waals surface area contributed by atoms with Gasteiger partial charge < -0.3 is 4.74 Å². The van der Waals surface area contributed by atoms with Crippen molar-refractivity contribution >= 4 is 26.0 Å². The van der Waals surface area contributed by atoms with Crippen molar-refractivity contribution < 1.29 is 17.3 Å². The molecule has 0 aliphatic rings. The molecule has 0 spiro atoms. The smallest absolute Gasteiger partial charge is 0.264 e. The maximum Gasteiger partial charge on any atom is 0.264 e.